The molecule has 1 aromatic rings. The Bertz CT molecular complexity index is 486. The first-order valence-electron chi connectivity index (χ1n) is 6.81. The molecule has 0 radical (unpaired) electrons. The van der Waals surface area contributed by atoms with Gasteiger partial charge in [-0.2, -0.15) is 28.1 Å². The topological polar surface area (TPSA) is 57.2 Å². The van der Waals surface area contributed by atoms with Gasteiger partial charge in [0.1, 0.15) is 6.54 Å². The molecule has 0 saturated heterocycles. The van der Waals surface area contributed by atoms with Gasteiger partial charge < -0.3 is 15.1 Å². The van der Waals surface area contributed by atoms with Gasteiger partial charge in [-0.25, -0.2) is 0 Å². The van der Waals surface area contributed by atoms with Crippen LogP contribution in [-0.2, 0) is 0 Å². The zero-order valence-corrected chi connectivity index (χ0v) is 12.3. The molecule has 0 aromatic carbocycles. The fourth-order valence-electron chi connectivity index (χ4n) is 1.86. The third kappa shape index (κ3) is 4.33. The fourth-order valence-corrected chi connectivity index (χ4v) is 1.86. The molecule has 118 valence electrons. The van der Waals surface area contributed by atoms with Gasteiger partial charge in [0.15, 0.2) is 0 Å². The van der Waals surface area contributed by atoms with Crippen molar-refractivity contribution in [3.8, 4) is 0 Å². The Kier molecular flexibility index (Phi) is 4.38. The predicted octanol–water partition coefficient (Wildman–Crippen LogP) is 1.90. The average molecular weight is 304 g/mol. The molecule has 1 N–H and O–H groups in total. The molecule has 1 aliphatic rings. The van der Waals surface area contributed by atoms with Crippen molar-refractivity contribution in [3.63, 3.8) is 0 Å². The molecule has 9 heteroatoms. The van der Waals surface area contributed by atoms with Gasteiger partial charge >= 0.3 is 6.18 Å². The quantitative estimate of drug-likeness (QED) is 0.866. The van der Waals surface area contributed by atoms with Gasteiger partial charge in [0.05, 0.1) is 0 Å². The monoisotopic (exact) mass is 304 g/mol. The Morgan fingerprint density at radius 1 is 1.14 bits per heavy atom. The molecule has 1 aromatic heterocycles. The van der Waals surface area contributed by atoms with Crippen molar-refractivity contribution >= 4 is 17.8 Å². The maximum Gasteiger partial charge on any atom is 0.406 e. The highest BCUT2D eigenvalue weighted by Crippen LogP contribution is 2.33. The summed E-state index contributed by atoms with van der Waals surface area (Å²) in [6.45, 7) is 1.41. The first-order chi connectivity index (χ1) is 9.80. The third-order valence-corrected chi connectivity index (χ3v) is 2.94. The van der Waals surface area contributed by atoms with Crippen LogP contribution in [0.4, 0.5) is 31.0 Å². The molecule has 0 unspecified atom stereocenters. The van der Waals surface area contributed by atoms with E-state index in [-0.39, 0.29) is 12.0 Å². The zero-order chi connectivity index (χ0) is 15.6. The summed E-state index contributed by atoms with van der Waals surface area (Å²) in [5.41, 5.74) is 0. The molecule has 1 aliphatic carbocycles. The molecule has 1 heterocycles. The maximum atomic E-state index is 12.7. The molecule has 1 fully saturated rings. The van der Waals surface area contributed by atoms with Crippen molar-refractivity contribution in [2.75, 3.05) is 42.3 Å². The lowest BCUT2D eigenvalue weighted by atomic mass is 10.4. The van der Waals surface area contributed by atoms with Crippen LogP contribution in [0, 0.1) is 0 Å². The van der Waals surface area contributed by atoms with Gasteiger partial charge in [0.2, 0.25) is 17.8 Å². The van der Waals surface area contributed by atoms with Gasteiger partial charge in [0, 0.05) is 26.7 Å². The number of hydrogen-bond donors (Lipinski definition) is 1. The fraction of sp³-hybridized carbons (Fsp3) is 0.750. The van der Waals surface area contributed by atoms with E-state index in [1.54, 1.807) is 19.0 Å². The highest BCUT2D eigenvalue weighted by Gasteiger charge is 2.39. The van der Waals surface area contributed by atoms with Crippen LogP contribution < -0.4 is 15.1 Å². The molecule has 0 aliphatic heterocycles. The van der Waals surface area contributed by atoms with Gasteiger partial charge in [-0.15, -0.1) is 0 Å². The maximum absolute atomic E-state index is 12.7. The lowest BCUT2D eigenvalue weighted by Crippen LogP contribution is -2.37. The Balaban J connectivity index is 2.34. The lowest BCUT2D eigenvalue weighted by Gasteiger charge is -2.25. The highest BCUT2D eigenvalue weighted by atomic mass is 19.4. The van der Waals surface area contributed by atoms with E-state index in [0.717, 1.165) is 12.8 Å². The van der Waals surface area contributed by atoms with Gasteiger partial charge in [-0.05, 0) is 19.8 Å². The van der Waals surface area contributed by atoms with E-state index in [1.807, 2.05) is 6.92 Å². The zero-order valence-electron chi connectivity index (χ0n) is 12.3. The van der Waals surface area contributed by atoms with Crippen LogP contribution in [0.1, 0.15) is 19.8 Å². The predicted molar refractivity (Wildman–Crippen MR) is 74.7 cm³/mol. The summed E-state index contributed by atoms with van der Waals surface area (Å²) in [4.78, 5) is 15.3. The molecule has 1 saturated carbocycles. The standard InChI is InChI=1S/C12H19F3N6/c1-4-16-9-17-10(20(2)3)19-11(18-9)21(8-5-6-8)7-12(13,14)15/h8H,4-7H2,1-3H3,(H,16,17,18,19). The van der Waals surface area contributed by atoms with Crippen LogP contribution in [-0.4, -0.2) is 54.4 Å². The van der Waals surface area contributed by atoms with E-state index in [1.165, 1.54) is 4.90 Å². The SMILES string of the molecule is CCNc1nc(N(C)C)nc(N(CC(F)(F)F)C2CC2)n1. The van der Waals surface area contributed by atoms with Crippen molar-refractivity contribution in [1.82, 2.24) is 15.0 Å². The van der Waals surface area contributed by atoms with Gasteiger partial charge in [-0.1, -0.05) is 0 Å². The second-order valence-corrected chi connectivity index (χ2v) is 5.16. The van der Waals surface area contributed by atoms with Crippen molar-refractivity contribution < 1.29 is 13.2 Å². The number of nitrogens with one attached hydrogen (secondary N) is 1. The molecule has 0 bridgehead atoms. The summed E-state index contributed by atoms with van der Waals surface area (Å²) in [5, 5.41) is 2.92. The molecule has 0 spiro atoms. The second kappa shape index (κ2) is 5.90. The minimum absolute atomic E-state index is 0.0736. The molecule has 0 atom stereocenters. The summed E-state index contributed by atoms with van der Waals surface area (Å²) in [6.07, 6.45) is -2.82. The van der Waals surface area contributed by atoms with Crippen molar-refractivity contribution in [1.29, 1.82) is 0 Å². The van der Waals surface area contributed by atoms with E-state index in [9.17, 15) is 13.2 Å². The molecular formula is C12H19F3N6. The summed E-state index contributed by atoms with van der Waals surface area (Å²) >= 11 is 0. The Morgan fingerprint density at radius 2 is 1.76 bits per heavy atom. The summed E-state index contributed by atoms with van der Waals surface area (Å²) in [7, 11) is 3.47. The van der Waals surface area contributed by atoms with Crippen LogP contribution in [0.3, 0.4) is 0 Å². The summed E-state index contributed by atoms with van der Waals surface area (Å²) < 4.78 is 38.2. The largest absolute Gasteiger partial charge is 0.406 e. The van der Waals surface area contributed by atoms with Gasteiger partial charge in [-0.3, -0.25) is 0 Å². The number of halogens is 3. The van der Waals surface area contributed by atoms with E-state index in [2.05, 4.69) is 20.3 Å². The van der Waals surface area contributed by atoms with Crippen LogP contribution >= 0.6 is 0 Å². The first-order valence-corrected chi connectivity index (χ1v) is 6.81. The minimum Gasteiger partial charge on any atom is -0.354 e. The summed E-state index contributed by atoms with van der Waals surface area (Å²) in [5.74, 6) is 0.701. The van der Waals surface area contributed by atoms with Crippen molar-refractivity contribution in [3.05, 3.63) is 0 Å². The van der Waals surface area contributed by atoms with Crippen LogP contribution in [0.25, 0.3) is 0 Å². The number of anilines is 3. The molecular weight excluding hydrogens is 285 g/mol. The van der Waals surface area contributed by atoms with Crippen molar-refractivity contribution in [2.45, 2.75) is 32.0 Å². The van der Waals surface area contributed by atoms with Crippen LogP contribution in [0.5, 0.6) is 0 Å². The average Bonchev–Trinajstić information content (AvgIpc) is 3.19. The third-order valence-electron chi connectivity index (χ3n) is 2.94. The minimum atomic E-state index is -4.29. The summed E-state index contributed by atoms with van der Waals surface area (Å²) in [6, 6.07) is -0.140. The first kappa shape index (κ1) is 15.6. The number of rotatable bonds is 6. The number of alkyl halides is 3. The Hall–Kier alpha value is -1.80. The van der Waals surface area contributed by atoms with E-state index < -0.39 is 12.7 Å². The second-order valence-electron chi connectivity index (χ2n) is 5.16. The molecule has 6 nitrogen and oxygen atoms in total. The smallest absolute Gasteiger partial charge is 0.354 e. The van der Waals surface area contributed by atoms with Crippen LogP contribution in [0.2, 0.25) is 0 Å². The number of hydrogen-bond acceptors (Lipinski definition) is 6. The van der Waals surface area contributed by atoms with Gasteiger partial charge in [0.25, 0.3) is 0 Å². The molecule has 21 heavy (non-hydrogen) atoms. The Labute approximate surface area is 121 Å². The molecule has 2 rings (SSSR count). The van der Waals surface area contributed by atoms with Crippen molar-refractivity contribution in [2.24, 2.45) is 0 Å². The van der Waals surface area contributed by atoms with E-state index >= 15 is 0 Å². The molecule has 0 amide bonds. The number of aromatic nitrogens is 3. The lowest BCUT2D eigenvalue weighted by molar-refractivity contribution is -0.120. The Morgan fingerprint density at radius 3 is 2.24 bits per heavy atom. The van der Waals surface area contributed by atoms with Crippen LogP contribution in [0.15, 0.2) is 0 Å². The van der Waals surface area contributed by atoms with E-state index in [4.69, 9.17) is 0 Å². The number of nitrogens with zero attached hydrogens (tertiary/aromatic N) is 5. The van der Waals surface area contributed by atoms with E-state index in [0.29, 0.717) is 18.4 Å². The highest BCUT2D eigenvalue weighted by molar-refractivity contribution is 5.46. The normalized spacial score (nSPS) is 15.0.